The van der Waals surface area contributed by atoms with E-state index in [0.29, 0.717) is 25.1 Å². The first kappa shape index (κ1) is 13.7. The first-order valence-electron chi connectivity index (χ1n) is 6.58. The lowest BCUT2D eigenvalue weighted by Gasteiger charge is -2.34. The molecule has 0 radical (unpaired) electrons. The highest BCUT2D eigenvalue weighted by molar-refractivity contribution is 6.16. The highest BCUT2D eigenvalue weighted by Crippen LogP contribution is 2.33. The van der Waals surface area contributed by atoms with Gasteiger partial charge in [0, 0.05) is 12.8 Å². The lowest BCUT2D eigenvalue weighted by atomic mass is 9.81. The van der Waals surface area contributed by atoms with E-state index < -0.39 is 0 Å². The topological polar surface area (TPSA) is 63.4 Å². The Morgan fingerprint density at radius 3 is 2.11 bits per heavy atom. The van der Waals surface area contributed by atoms with Crippen LogP contribution in [0.1, 0.15) is 32.3 Å². The maximum atomic E-state index is 12.1. The summed E-state index contributed by atoms with van der Waals surface area (Å²) in [6.07, 6.45) is 1.61. The minimum atomic E-state index is -0.232. The molecule has 1 aromatic rings. The van der Waals surface area contributed by atoms with E-state index in [1.54, 1.807) is 0 Å². The molecule has 1 aromatic carbocycles. The normalized spacial score (nSPS) is 18.8. The van der Waals surface area contributed by atoms with Gasteiger partial charge in [0.1, 0.15) is 0 Å². The average molecular weight is 260 g/mol. The number of carbonyl (C=O) groups excluding carboxylic acids is 2. The zero-order valence-electron chi connectivity index (χ0n) is 11.5. The van der Waals surface area contributed by atoms with Crippen LogP contribution < -0.4 is 10.6 Å². The van der Waals surface area contributed by atoms with Crippen LogP contribution in [0.15, 0.2) is 24.3 Å². The van der Waals surface area contributed by atoms with Gasteiger partial charge in [0.05, 0.1) is 5.69 Å². The number of hydrogen-bond acceptors (Lipinski definition) is 3. The second-order valence-corrected chi connectivity index (χ2v) is 5.85. The van der Waals surface area contributed by atoms with Gasteiger partial charge in [-0.2, -0.15) is 0 Å². The molecule has 0 aromatic heterocycles. The van der Waals surface area contributed by atoms with E-state index in [2.05, 4.69) is 0 Å². The summed E-state index contributed by atoms with van der Waals surface area (Å²) in [5, 5.41) is 0. The van der Waals surface area contributed by atoms with E-state index in [1.807, 2.05) is 38.1 Å². The smallest absolute Gasteiger partial charge is 0.234 e. The van der Waals surface area contributed by atoms with Crippen molar-refractivity contribution in [2.24, 2.45) is 11.1 Å². The van der Waals surface area contributed by atoms with Crippen LogP contribution in [0, 0.1) is 5.41 Å². The van der Waals surface area contributed by atoms with Gasteiger partial charge in [0.15, 0.2) is 0 Å². The molecule has 2 rings (SSSR count). The predicted molar refractivity (Wildman–Crippen MR) is 74.7 cm³/mol. The van der Waals surface area contributed by atoms with Crippen molar-refractivity contribution < 1.29 is 9.59 Å². The van der Waals surface area contributed by atoms with Gasteiger partial charge in [0.25, 0.3) is 0 Å². The third-order valence-electron chi connectivity index (χ3n) is 3.39. The van der Waals surface area contributed by atoms with Crippen LogP contribution >= 0.6 is 0 Å². The Balaban J connectivity index is 2.21. The van der Waals surface area contributed by atoms with Gasteiger partial charge in [-0.15, -0.1) is 0 Å². The van der Waals surface area contributed by atoms with Gasteiger partial charge in [-0.3, -0.25) is 14.5 Å². The molecule has 0 spiro atoms. The summed E-state index contributed by atoms with van der Waals surface area (Å²) in [7, 11) is 0. The largest absolute Gasteiger partial charge is 0.330 e. The Hall–Kier alpha value is -1.68. The van der Waals surface area contributed by atoms with E-state index in [1.165, 1.54) is 4.90 Å². The van der Waals surface area contributed by atoms with E-state index in [9.17, 15) is 9.59 Å². The minimum Gasteiger partial charge on any atom is -0.330 e. The maximum absolute atomic E-state index is 12.1. The Labute approximate surface area is 113 Å². The molecule has 0 aliphatic carbocycles. The molecular formula is C15H20N2O2. The SMILES string of the molecule is CC1(C)CC(=O)N(c2ccc(CCN)cc2)C(=O)C1. The third-order valence-corrected chi connectivity index (χ3v) is 3.39. The Bertz CT molecular complexity index is 471. The molecule has 1 heterocycles. The molecular weight excluding hydrogens is 240 g/mol. The number of imide groups is 1. The summed E-state index contributed by atoms with van der Waals surface area (Å²) in [5.74, 6) is -0.236. The Kier molecular flexibility index (Phi) is 3.71. The number of carbonyl (C=O) groups is 2. The van der Waals surface area contributed by atoms with Crippen molar-refractivity contribution >= 4 is 17.5 Å². The third kappa shape index (κ3) is 3.01. The van der Waals surface area contributed by atoms with Gasteiger partial charge in [-0.1, -0.05) is 26.0 Å². The number of rotatable bonds is 3. The zero-order valence-corrected chi connectivity index (χ0v) is 11.5. The van der Waals surface area contributed by atoms with E-state index >= 15 is 0 Å². The Morgan fingerprint density at radius 2 is 1.63 bits per heavy atom. The lowest BCUT2D eigenvalue weighted by Crippen LogP contribution is -2.46. The number of hydrogen-bond donors (Lipinski definition) is 1. The highest BCUT2D eigenvalue weighted by Gasteiger charge is 2.38. The molecule has 1 fully saturated rings. The fourth-order valence-electron chi connectivity index (χ4n) is 2.44. The molecule has 1 aliphatic rings. The van der Waals surface area contributed by atoms with Crippen LogP contribution in [-0.4, -0.2) is 18.4 Å². The molecule has 19 heavy (non-hydrogen) atoms. The molecule has 2 N–H and O–H groups in total. The summed E-state index contributed by atoms with van der Waals surface area (Å²) in [6.45, 7) is 4.49. The van der Waals surface area contributed by atoms with Crippen molar-refractivity contribution in [1.29, 1.82) is 0 Å². The number of piperidine rings is 1. The second-order valence-electron chi connectivity index (χ2n) is 5.85. The van der Waals surface area contributed by atoms with E-state index in [-0.39, 0.29) is 17.2 Å². The first-order chi connectivity index (χ1) is 8.93. The monoisotopic (exact) mass is 260 g/mol. The van der Waals surface area contributed by atoms with Gasteiger partial charge >= 0.3 is 0 Å². The molecule has 1 saturated heterocycles. The van der Waals surface area contributed by atoms with Crippen molar-refractivity contribution in [3.63, 3.8) is 0 Å². The molecule has 1 aliphatic heterocycles. The fourth-order valence-corrected chi connectivity index (χ4v) is 2.44. The number of nitrogens with zero attached hydrogens (tertiary/aromatic N) is 1. The number of amides is 2. The summed E-state index contributed by atoms with van der Waals surface area (Å²) >= 11 is 0. The summed E-state index contributed by atoms with van der Waals surface area (Å²) < 4.78 is 0. The van der Waals surface area contributed by atoms with Crippen LogP contribution in [0.5, 0.6) is 0 Å². The standard InChI is InChI=1S/C15H20N2O2/c1-15(2)9-13(18)17(14(19)10-15)12-5-3-11(4-6-12)7-8-16/h3-6H,7-10,16H2,1-2H3. The zero-order chi connectivity index (χ0) is 14.0. The number of benzene rings is 1. The molecule has 102 valence electrons. The minimum absolute atomic E-state index is 0.118. The van der Waals surface area contributed by atoms with Crippen molar-refractivity contribution in [3.05, 3.63) is 29.8 Å². The lowest BCUT2D eigenvalue weighted by molar-refractivity contribution is -0.132. The van der Waals surface area contributed by atoms with Crippen molar-refractivity contribution in [3.8, 4) is 0 Å². The second kappa shape index (κ2) is 5.13. The van der Waals surface area contributed by atoms with Crippen LogP contribution in [0.25, 0.3) is 0 Å². The average Bonchev–Trinajstić information content (AvgIpc) is 2.29. The van der Waals surface area contributed by atoms with Crippen molar-refractivity contribution in [2.45, 2.75) is 33.1 Å². The summed E-state index contributed by atoms with van der Waals surface area (Å²) in [5.41, 5.74) is 7.04. The van der Waals surface area contributed by atoms with Gasteiger partial charge in [-0.05, 0) is 36.1 Å². The summed E-state index contributed by atoms with van der Waals surface area (Å²) in [6, 6.07) is 7.48. The molecule has 0 saturated carbocycles. The van der Waals surface area contributed by atoms with Gasteiger partial charge in [0.2, 0.25) is 11.8 Å². The molecule has 0 bridgehead atoms. The molecule has 0 atom stereocenters. The number of nitrogens with two attached hydrogens (primary N) is 1. The first-order valence-corrected chi connectivity index (χ1v) is 6.58. The maximum Gasteiger partial charge on any atom is 0.234 e. The van der Waals surface area contributed by atoms with E-state index in [0.717, 1.165) is 12.0 Å². The fraction of sp³-hybridized carbons (Fsp3) is 0.467. The molecule has 2 amide bonds. The van der Waals surface area contributed by atoms with Gasteiger partial charge < -0.3 is 5.73 Å². The number of anilines is 1. The predicted octanol–water partition coefficient (Wildman–Crippen LogP) is 1.87. The van der Waals surface area contributed by atoms with Crippen LogP contribution in [0.4, 0.5) is 5.69 Å². The van der Waals surface area contributed by atoms with Crippen LogP contribution in [0.2, 0.25) is 0 Å². The molecule has 4 nitrogen and oxygen atoms in total. The Morgan fingerprint density at radius 1 is 1.11 bits per heavy atom. The molecule has 4 heteroatoms. The van der Waals surface area contributed by atoms with Crippen molar-refractivity contribution in [2.75, 3.05) is 11.4 Å². The highest BCUT2D eigenvalue weighted by atomic mass is 16.2. The molecule has 0 unspecified atom stereocenters. The van der Waals surface area contributed by atoms with Crippen molar-refractivity contribution in [1.82, 2.24) is 0 Å². The van der Waals surface area contributed by atoms with Crippen LogP contribution in [0.3, 0.4) is 0 Å². The van der Waals surface area contributed by atoms with E-state index in [4.69, 9.17) is 5.73 Å². The quantitative estimate of drug-likeness (QED) is 0.844. The van der Waals surface area contributed by atoms with Gasteiger partial charge in [-0.25, -0.2) is 0 Å². The summed E-state index contributed by atoms with van der Waals surface area (Å²) in [4.78, 5) is 25.5. The van der Waals surface area contributed by atoms with Crippen LogP contribution in [-0.2, 0) is 16.0 Å².